The van der Waals surface area contributed by atoms with E-state index in [9.17, 15) is 4.79 Å². The third-order valence-electron chi connectivity index (χ3n) is 3.02. The van der Waals surface area contributed by atoms with Crippen LogP contribution in [0.15, 0.2) is 18.2 Å². The summed E-state index contributed by atoms with van der Waals surface area (Å²) < 4.78 is 5.06. The van der Waals surface area contributed by atoms with E-state index in [4.69, 9.17) is 22.2 Å². The van der Waals surface area contributed by atoms with Gasteiger partial charge in [-0.15, -0.1) is 0 Å². The number of ether oxygens (including phenoxy) is 1. The van der Waals surface area contributed by atoms with Crippen molar-refractivity contribution in [2.45, 2.75) is 18.3 Å². The zero-order valence-corrected chi connectivity index (χ0v) is 9.67. The van der Waals surface area contributed by atoms with Gasteiger partial charge < -0.3 is 4.74 Å². The minimum Gasteiger partial charge on any atom is -0.495 e. The Labute approximate surface area is 98.7 Å². The first-order chi connectivity index (χ1) is 7.64. The molecule has 1 aromatic carbocycles. The minimum atomic E-state index is -0.481. The molecule has 0 spiro atoms. The third kappa shape index (κ3) is 1.64. The van der Waals surface area contributed by atoms with E-state index in [0.29, 0.717) is 10.8 Å². The van der Waals surface area contributed by atoms with Crippen LogP contribution in [0.2, 0.25) is 5.02 Å². The molecule has 5 heteroatoms. The summed E-state index contributed by atoms with van der Waals surface area (Å²) in [6.45, 7) is 0. The van der Waals surface area contributed by atoms with Crippen molar-refractivity contribution < 1.29 is 9.53 Å². The Morgan fingerprint density at radius 1 is 1.56 bits per heavy atom. The van der Waals surface area contributed by atoms with E-state index in [0.717, 1.165) is 18.4 Å². The standard InChI is InChI=1S/C11H13ClN2O2/c1-16-9-3-2-7(6-8(9)12)11(4-5-11)10(15)14-13/h2-3,6H,4-5,13H2,1H3,(H,14,15). The second-order valence-electron chi connectivity index (χ2n) is 3.90. The number of carbonyl (C=O) groups is 1. The van der Waals surface area contributed by atoms with Crippen LogP contribution in [-0.4, -0.2) is 13.0 Å². The number of halogens is 1. The van der Waals surface area contributed by atoms with E-state index < -0.39 is 5.41 Å². The predicted octanol–water partition coefficient (Wildman–Crippen LogP) is 1.37. The molecule has 0 heterocycles. The number of hydrogen-bond donors (Lipinski definition) is 2. The number of amides is 1. The van der Waals surface area contributed by atoms with Gasteiger partial charge >= 0.3 is 0 Å². The quantitative estimate of drug-likeness (QED) is 0.477. The van der Waals surface area contributed by atoms with Gasteiger partial charge in [0.1, 0.15) is 5.75 Å². The number of nitrogens with one attached hydrogen (secondary N) is 1. The van der Waals surface area contributed by atoms with E-state index in [1.54, 1.807) is 19.2 Å². The number of methoxy groups -OCH3 is 1. The Kier molecular flexibility index (Phi) is 2.78. The van der Waals surface area contributed by atoms with Gasteiger partial charge in [0.25, 0.3) is 0 Å². The van der Waals surface area contributed by atoms with Crippen molar-refractivity contribution in [3.05, 3.63) is 28.8 Å². The lowest BCUT2D eigenvalue weighted by Gasteiger charge is -2.14. The van der Waals surface area contributed by atoms with Crippen molar-refractivity contribution in [3.8, 4) is 5.75 Å². The molecule has 1 fully saturated rings. The first kappa shape index (κ1) is 11.2. The number of benzene rings is 1. The number of hydrazine groups is 1. The van der Waals surface area contributed by atoms with Crippen LogP contribution in [0.1, 0.15) is 18.4 Å². The van der Waals surface area contributed by atoms with Crippen molar-refractivity contribution >= 4 is 17.5 Å². The zero-order valence-electron chi connectivity index (χ0n) is 8.92. The van der Waals surface area contributed by atoms with Crippen LogP contribution in [0.4, 0.5) is 0 Å². The summed E-state index contributed by atoms with van der Waals surface area (Å²) in [4.78, 5) is 11.7. The van der Waals surface area contributed by atoms with E-state index >= 15 is 0 Å². The van der Waals surface area contributed by atoms with E-state index in [1.165, 1.54) is 0 Å². The van der Waals surface area contributed by atoms with Crippen LogP contribution < -0.4 is 16.0 Å². The molecule has 1 saturated carbocycles. The predicted molar refractivity (Wildman–Crippen MR) is 61.2 cm³/mol. The second kappa shape index (κ2) is 3.96. The lowest BCUT2D eigenvalue weighted by atomic mass is 9.95. The number of rotatable bonds is 3. The summed E-state index contributed by atoms with van der Waals surface area (Å²) in [5.74, 6) is 5.62. The molecule has 1 aliphatic rings. The molecular weight excluding hydrogens is 228 g/mol. The maximum Gasteiger partial charge on any atom is 0.244 e. The fourth-order valence-electron chi connectivity index (χ4n) is 1.87. The van der Waals surface area contributed by atoms with Crippen LogP contribution in [0.3, 0.4) is 0 Å². The van der Waals surface area contributed by atoms with Crippen molar-refractivity contribution in [1.29, 1.82) is 0 Å². The molecule has 4 nitrogen and oxygen atoms in total. The van der Waals surface area contributed by atoms with Gasteiger partial charge in [0.15, 0.2) is 0 Å². The van der Waals surface area contributed by atoms with E-state index in [2.05, 4.69) is 5.43 Å². The summed E-state index contributed by atoms with van der Waals surface area (Å²) in [5, 5.41) is 0.510. The molecule has 0 radical (unpaired) electrons. The number of carbonyl (C=O) groups excluding carboxylic acids is 1. The monoisotopic (exact) mass is 240 g/mol. The smallest absolute Gasteiger partial charge is 0.244 e. The molecule has 1 aliphatic carbocycles. The molecule has 3 N–H and O–H groups in total. The summed E-state index contributed by atoms with van der Waals surface area (Å²) in [7, 11) is 1.56. The van der Waals surface area contributed by atoms with Gasteiger partial charge in [-0.3, -0.25) is 10.2 Å². The largest absolute Gasteiger partial charge is 0.495 e. The van der Waals surface area contributed by atoms with Gasteiger partial charge in [0.05, 0.1) is 17.5 Å². The van der Waals surface area contributed by atoms with E-state index in [-0.39, 0.29) is 5.91 Å². The van der Waals surface area contributed by atoms with Crippen LogP contribution in [0.25, 0.3) is 0 Å². The van der Waals surface area contributed by atoms with Crippen LogP contribution in [-0.2, 0) is 10.2 Å². The fraction of sp³-hybridized carbons (Fsp3) is 0.364. The lowest BCUT2D eigenvalue weighted by molar-refractivity contribution is -0.123. The maximum atomic E-state index is 11.7. The Morgan fingerprint density at radius 3 is 2.69 bits per heavy atom. The molecule has 0 aliphatic heterocycles. The molecule has 0 unspecified atom stereocenters. The van der Waals surface area contributed by atoms with E-state index in [1.807, 2.05) is 6.07 Å². The minimum absolute atomic E-state index is 0.159. The molecule has 0 saturated heterocycles. The van der Waals surface area contributed by atoms with Crippen LogP contribution in [0.5, 0.6) is 5.75 Å². The summed E-state index contributed by atoms with van der Waals surface area (Å²) in [6, 6.07) is 5.39. The zero-order chi connectivity index (χ0) is 11.8. The summed E-state index contributed by atoms with van der Waals surface area (Å²) in [5.41, 5.74) is 2.61. The van der Waals surface area contributed by atoms with Gasteiger partial charge in [-0.2, -0.15) is 0 Å². The highest BCUT2D eigenvalue weighted by molar-refractivity contribution is 6.32. The molecule has 0 atom stereocenters. The Balaban J connectivity index is 2.35. The molecule has 2 rings (SSSR count). The highest BCUT2D eigenvalue weighted by Gasteiger charge is 2.51. The van der Waals surface area contributed by atoms with Crippen molar-refractivity contribution in [2.24, 2.45) is 5.84 Å². The molecule has 86 valence electrons. The molecule has 1 amide bonds. The molecule has 1 aromatic rings. The first-order valence-corrected chi connectivity index (χ1v) is 5.37. The van der Waals surface area contributed by atoms with Crippen molar-refractivity contribution in [2.75, 3.05) is 7.11 Å². The number of nitrogens with two attached hydrogens (primary N) is 1. The second-order valence-corrected chi connectivity index (χ2v) is 4.31. The lowest BCUT2D eigenvalue weighted by Crippen LogP contribution is -2.39. The Hall–Kier alpha value is -1.26. The van der Waals surface area contributed by atoms with Gasteiger partial charge in [-0.05, 0) is 30.5 Å². The normalized spacial score (nSPS) is 16.7. The van der Waals surface area contributed by atoms with Gasteiger partial charge in [0.2, 0.25) is 5.91 Å². The van der Waals surface area contributed by atoms with Gasteiger partial charge in [0, 0.05) is 0 Å². The van der Waals surface area contributed by atoms with Crippen molar-refractivity contribution in [3.63, 3.8) is 0 Å². The molecule has 0 aromatic heterocycles. The first-order valence-electron chi connectivity index (χ1n) is 4.99. The van der Waals surface area contributed by atoms with Crippen molar-refractivity contribution in [1.82, 2.24) is 5.43 Å². The average Bonchev–Trinajstić information content (AvgIpc) is 3.09. The molecule has 0 bridgehead atoms. The third-order valence-corrected chi connectivity index (χ3v) is 3.32. The van der Waals surface area contributed by atoms with Crippen LogP contribution >= 0.6 is 11.6 Å². The van der Waals surface area contributed by atoms with Crippen LogP contribution in [0, 0.1) is 0 Å². The summed E-state index contributed by atoms with van der Waals surface area (Å²) in [6.07, 6.45) is 1.61. The SMILES string of the molecule is COc1ccc(C2(C(=O)NN)CC2)cc1Cl. The fourth-order valence-corrected chi connectivity index (χ4v) is 2.13. The maximum absolute atomic E-state index is 11.7. The average molecular weight is 241 g/mol. The molecule has 16 heavy (non-hydrogen) atoms. The highest BCUT2D eigenvalue weighted by Crippen LogP contribution is 2.49. The highest BCUT2D eigenvalue weighted by atomic mass is 35.5. The summed E-state index contributed by atoms with van der Waals surface area (Å²) >= 11 is 6.02. The Bertz CT molecular complexity index is 430. The van der Waals surface area contributed by atoms with Gasteiger partial charge in [-0.25, -0.2) is 5.84 Å². The Morgan fingerprint density at radius 2 is 2.25 bits per heavy atom. The number of hydrogen-bond acceptors (Lipinski definition) is 3. The molecular formula is C11H13ClN2O2. The van der Waals surface area contributed by atoms with Gasteiger partial charge in [-0.1, -0.05) is 17.7 Å². The topological polar surface area (TPSA) is 64.3 Å².